The number of nitrogens with zero attached hydrogens (tertiary/aromatic N) is 1. The molecule has 1 aliphatic heterocycles. The van der Waals surface area contributed by atoms with E-state index in [9.17, 15) is 14.4 Å². The number of rotatable bonds is 4. The molecule has 5 fully saturated rings. The van der Waals surface area contributed by atoms with Crippen molar-refractivity contribution in [3.05, 3.63) is 29.8 Å². The monoisotopic (exact) mass is 452 g/mol. The van der Waals surface area contributed by atoms with Gasteiger partial charge in [-0.05, 0) is 92.4 Å². The molecule has 5 atom stereocenters. The molecule has 2 unspecified atom stereocenters. The van der Waals surface area contributed by atoms with E-state index < -0.39 is 0 Å². The van der Waals surface area contributed by atoms with Crippen LogP contribution in [0.5, 0.6) is 0 Å². The van der Waals surface area contributed by atoms with Gasteiger partial charge in [-0.3, -0.25) is 9.59 Å². The number of carbonyl (C=O) groups excluding carboxylic acids is 3. The van der Waals surface area contributed by atoms with Crippen LogP contribution in [0.15, 0.2) is 24.3 Å². The summed E-state index contributed by atoms with van der Waals surface area (Å²) in [5.41, 5.74) is 7.22. The molecule has 5 aliphatic rings. The molecule has 0 aromatic heterocycles. The highest BCUT2D eigenvalue weighted by atomic mass is 16.2. The van der Waals surface area contributed by atoms with Crippen LogP contribution in [0.2, 0.25) is 0 Å². The van der Waals surface area contributed by atoms with Crippen LogP contribution >= 0.6 is 0 Å². The summed E-state index contributed by atoms with van der Waals surface area (Å²) < 4.78 is 0. The lowest BCUT2D eigenvalue weighted by molar-refractivity contribution is -0.123. The fraction of sp³-hybridized carbons (Fsp3) is 0.654. The maximum Gasteiger partial charge on any atom is 0.319 e. The molecular weight excluding hydrogens is 416 g/mol. The Bertz CT molecular complexity index is 956. The largest absolute Gasteiger partial charge is 0.369 e. The zero-order chi connectivity index (χ0) is 23.4. The molecule has 4 saturated carbocycles. The van der Waals surface area contributed by atoms with Crippen molar-refractivity contribution in [2.45, 2.75) is 70.8 Å². The molecule has 1 heterocycles. The van der Waals surface area contributed by atoms with Crippen molar-refractivity contribution in [2.75, 3.05) is 18.4 Å². The van der Waals surface area contributed by atoms with E-state index in [4.69, 9.17) is 5.73 Å². The van der Waals surface area contributed by atoms with Gasteiger partial charge in [0.15, 0.2) is 0 Å². The summed E-state index contributed by atoms with van der Waals surface area (Å²) >= 11 is 0. The van der Waals surface area contributed by atoms with Crippen molar-refractivity contribution in [2.24, 2.45) is 28.4 Å². The summed E-state index contributed by atoms with van der Waals surface area (Å²) in [5, 5.41) is 6.33. The third-order valence-electron chi connectivity index (χ3n) is 8.51. The highest BCUT2D eigenvalue weighted by Gasteiger charge is 2.60. The minimum atomic E-state index is -0.347. The zero-order valence-corrected chi connectivity index (χ0v) is 19.8. The highest BCUT2D eigenvalue weighted by Crippen LogP contribution is 2.66. The summed E-state index contributed by atoms with van der Waals surface area (Å²) in [6, 6.07) is 6.84. The number of hydrogen-bond donors (Lipinski definition) is 3. The van der Waals surface area contributed by atoms with Gasteiger partial charge in [0.05, 0.1) is 5.92 Å². The van der Waals surface area contributed by atoms with Crippen LogP contribution in [0, 0.1) is 22.7 Å². The van der Waals surface area contributed by atoms with Crippen LogP contribution in [0.4, 0.5) is 10.5 Å². The summed E-state index contributed by atoms with van der Waals surface area (Å²) in [6.07, 6.45) is 8.58. The Morgan fingerprint density at radius 3 is 2.27 bits per heavy atom. The predicted octanol–water partition coefficient (Wildman–Crippen LogP) is 3.89. The van der Waals surface area contributed by atoms with E-state index in [1.54, 1.807) is 29.2 Å². The van der Waals surface area contributed by atoms with E-state index in [0.717, 1.165) is 32.1 Å². The maximum atomic E-state index is 12.9. The van der Waals surface area contributed by atoms with Crippen LogP contribution in [0.3, 0.4) is 0 Å². The number of carbonyl (C=O) groups is 3. The first-order valence-corrected chi connectivity index (χ1v) is 12.3. The fourth-order valence-electron chi connectivity index (χ4n) is 8.26. The Morgan fingerprint density at radius 1 is 1.00 bits per heavy atom. The van der Waals surface area contributed by atoms with E-state index in [1.807, 2.05) is 0 Å². The third-order valence-corrected chi connectivity index (χ3v) is 8.51. The van der Waals surface area contributed by atoms with Crippen LogP contribution in [-0.4, -0.2) is 41.4 Å². The van der Waals surface area contributed by atoms with E-state index in [0.29, 0.717) is 41.1 Å². The van der Waals surface area contributed by atoms with Gasteiger partial charge in [-0.25, -0.2) is 4.79 Å². The lowest BCUT2D eigenvalue weighted by atomic mass is 9.43. The van der Waals surface area contributed by atoms with Crippen molar-refractivity contribution >= 4 is 23.5 Å². The molecule has 33 heavy (non-hydrogen) atoms. The van der Waals surface area contributed by atoms with Gasteiger partial charge < -0.3 is 21.3 Å². The van der Waals surface area contributed by atoms with Gasteiger partial charge in [-0.2, -0.15) is 0 Å². The molecule has 7 heteroatoms. The molecule has 7 nitrogen and oxygen atoms in total. The number of hydrogen-bond acceptors (Lipinski definition) is 3. The van der Waals surface area contributed by atoms with Crippen LogP contribution in [0.25, 0.3) is 0 Å². The first kappa shape index (κ1) is 22.2. The molecule has 178 valence electrons. The van der Waals surface area contributed by atoms with Gasteiger partial charge in [-0.1, -0.05) is 13.8 Å². The van der Waals surface area contributed by atoms with Gasteiger partial charge in [-0.15, -0.1) is 0 Å². The molecule has 0 radical (unpaired) electrons. The van der Waals surface area contributed by atoms with Crippen molar-refractivity contribution in [3.63, 3.8) is 0 Å². The molecule has 4 aliphatic carbocycles. The molecular formula is C26H36N4O3. The van der Waals surface area contributed by atoms with Gasteiger partial charge >= 0.3 is 6.03 Å². The SMILES string of the molecule is C[C@]12CC3CC(NC(=O)Nc4ccc(C(=O)N5CCC[C@H](C(N)=O)C5)cc4)(C1)C[C@@](C)(C3)C2. The second-order valence-corrected chi connectivity index (χ2v) is 12.1. The summed E-state index contributed by atoms with van der Waals surface area (Å²) in [4.78, 5) is 39.0. The standard InChI is InChI=1S/C26H36N4O3/c1-24-10-17-11-25(2,14-24)16-26(12-17,15-24)29-23(33)28-20-7-5-18(6-8-20)22(32)30-9-3-4-19(13-30)21(27)31/h5-8,17,19H,3-4,9-16H2,1-2H3,(H2,27,31)(H2,28,29,33)/t17?,19-,24-,25+,26?/m0/s1. The van der Waals surface area contributed by atoms with E-state index in [1.165, 1.54) is 19.3 Å². The molecule has 6 rings (SSSR count). The fourth-order valence-corrected chi connectivity index (χ4v) is 8.26. The summed E-state index contributed by atoms with van der Waals surface area (Å²) in [6.45, 7) is 5.80. The van der Waals surface area contributed by atoms with Gasteiger partial charge in [0.2, 0.25) is 5.91 Å². The number of anilines is 1. The van der Waals surface area contributed by atoms with Crippen molar-refractivity contribution in [1.29, 1.82) is 0 Å². The number of benzene rings is 1. The molecule has 4 amide bonds. The Morgan fingerprint density at radius 2 is 1.67 bits per heavy atom. The average Bonchev–Trinajstić information content (AvgIpc) is 2.70. The Labute approximate surface area is 195 Å². The van der Waals surface area contributed by atoms with Gasteiger partial charge in [0.25, 0.3) is 5.91 Å². The van der Waals surface area contributed by atoms with Crippen molar-refractivity contribution in [3.8, 4) is 0 Å². The number of likely N-dealkylation sites (tertiary alicyclic amines) is 1. The van der Waals surface area contributed by atoms with E-state index in [-0.39, 0.29) is 29.3 Å². The molecule has 1 saturated heterocycles. The summed E-state index contributed by atoms with van der Waals surface area (Å²) in [5.74, 6) is -0.0145. The normalized spacial score (nSPS) is 37.0. The Hall–Kier alpha value is -2.57. The Kier molecular flexibility index (Phi) is 5.22. The van der Waals surface area contributed by atoms with Crippen molar-refractivity contribution in [1.82, 2.24) is 10.2 Å². The van der Waals surface area contributed by atoms with Crippen molar-refractivity contribution < 1.29 is 14.4 Å². The summed E-state index contributed by atoms with van der Waals surface area (Å²) in [7, 11) is 0. The minimum absolute atomic E-state index is 0.103. The molecule has 1 aromatic rings. The van der Waals surface area contributed by atoms with Crippen LogP contribution < -0.4 is 16.4 Å². The maximum absolute atomic E-state index is 12.9. The second kappa shape index (κ2) is 7.74. The first-order valence-electron chi connectivity index (χ1n) is 12.3. The number of urea groups is 1. The quantitative estimate of drug-likeness (QED) is 0.645. The number of piperidine rings is 1. The predicted molar refractivity (Wildman–Crippen MR) is 127 cm³/mol. The topological polar surface area (TPSA) is 105 Å². The first-order chi connectivity index (χ1) is 15.6. The smallest absolute Gasteiger partial charge is 0.319 e. The second-order valence-electron chi connectivity index (χ2n) is 12.1. The number of nitrogens with one attached hydrogen (secondary N) is 2. The van der Waals surface area contributed by atoms with Crippen LogP contribution in [-0.2, 0) is 4.79 Å². The average molecular weight is 453 g/mol. The van der Waals surface area contributed by atoms with Crippen LogP contribution in [0.1, 0.15) is 75.6 Å². The molecule has 0 spiro atoms. The number of amides is 4. The third kappa shape index (κ3) is 4.34. The number of nitrogens with two attached hydrogens (primary N) is 1. The van der Waals surface area contributed by atoms with E-state index >= 15 is 0 Å². The molecule has 4 bridgehead atoms. The minimum Gasteiger partial charge on any atom is -0.369 e. The Balaban J connectivity index is 1.21. The number of primary amides is 1. The molecule has 1 aromatic carbocycles. The highest BCUT2D eigenvalue weighted by molar-refractivity contribution is 5.96. The molecule has 4 N–H and O–H groups in total. The zero-order valence-electron chi connectivity index (χ0n) is 19.8. The van der Waals surface area contributed by atoms with Gasteiger partial charge in [0, 0.05) is 29.9 Å². The van der Waals surface area contributed by atoms with E-state index in [2.05, 4.69) is 24.5 Å². The van der Waals surface area contributed by atoms with Gasteiger partial charge in [0.1, 0.15) is 0 Å². The lowest BCUT2D eigenvalue weighted by Gasteiger charge is -2.65. The lowest BCUT2D eigenvalue weighted by Crippen LogP contribution is -2.65.